The molecule has 0 saturated carbocycles. The SMILES string of the molecule is CCNC(C)(C)C(=O)N1CCC(CN2CCCC2)CC1. The Morgan fingerprint density at radius 1 is 1.15 bits per heavy atom. The number of carbonyl (C=O) groups excluding carboxylic acids is 1. The number of carbonyl (C=O) groups is 1. The van der Waals surface area contributed by atoms with Crippen molar-refractivity contribution in [2.75, 3.05) is 39.3 Å². The molecule has 20 heavy (non-hydrogen) atoms. The van der Waals surface area contributed by atoms with Crippen LogP contribution in [-0.4, -0.2) is 60.5 Å². The van der Waals surface area contributed by atoms with Crippen LogP contribution in [-0.2, 0) is 4.79 Å². The first kappa shape index (κ1) is 15.8. The van der Waals surface area contributed by atoms with Crippen LogP contribution in [0.15, 0.2) is 0 Å². The molecule has 0 unspecified atom stereocenters. The summed E-state index contributed by atoms with van der Waals surface area (Å²) in [4.78, 5) is 17.2. The standard InChI is InChI=1S/C16H31N3O/c1-4-17-16(2,3)15(20)19-11-7-14(8-12-19)13-18-9-5-6-10-18/h14,17H,4-13H2,1-3H3. The molecule has 0 aliphatic carbocycles. The highest BCUT2D eigenvalue weighted by Crippen LogP contribution is 2.22. The lowest BCUT2D eigenvalue weighted by atomic mass is 9.94. The van der Waals surface area contributed by atoms with Gasteiger partial charge in [-0.15, -0.1) is 0 Å². The average Bonchev–Trinajstić information content (AvgIpc) is 2.91. The van der Waals surface area contributed by atoms with Gasteiger partial charge in [0.05, 0.1) is 5.54 Å². The highest BCUT2D eigenvalue weighted by Gasteiger charge is 2.33. The first-order chi connectivity index (χ1) is 9.53. The minimum absolute atomic E-state index is 0.263. The Morgan fingerprint density at radius 3 is 2.30 bits per heavy atom. The minimum Gasteiger partial charge on any atom is -0.341 e. The van der Waals surface area contributed by atoms with Crippen molar-refractivity contribution in [1.82, 2.24) is 15.1 Å². The van der Waals surface area contributed by atoms with Gasteiger partial charge in [0.1, 0.15) is 0 Å². The molecule has 0 bridgehead atoms. The van der Waals surface area contributed by atoms with E-state index >= 15 is 0 Å². The first-order valence-electron chi connectivity index (χ1n) is 8.29. The Labute approximate surface area is 123 Å². The first-order valence-corrected chi connectivity index (χ1v) is 8.29. The summed E-state index contributed by atoms with van der Waals surface area (Å²) in [7, 11) is 0. The summed E-state index contributed by atoms with van der Waals surface area (Å²) in [5.74, 6) is 1.05. The van der Waals surface area contributed by atoms with Gasteiger partial charge < -0.3 is 15.1 Å². The van der Waals surface area contributed by atoms with Gasteiger partial charge in [-0.05, 0) is 65.1 Å². The number of piperidine rings is 1. The van der Waals surface area contributed by atoms with E-state index in [0.29, 0.717) is 0 Å². The van der Waals surface area contributed by atoms with Crippen LogP contribution < -0.4 is 5.32 Å². The molecule has 1 amide bonds. The van der Waals surface area contributed by atoms with Crippen molar-refractivity contribution in [2.45, 2.75) is 52.0 Å². The third kappa shape index (κ3) is 3.95. The van der Waals surface area contributed by atoms with E-state index < -0.39 is 5.54 Å². The van der Waals surface area contributed by atoms with Crippen LogP contribution in [0.25, 0.3) is 0 Å². The quantitative estimate of drug-likeness (QED) is 0.833. The van der Waals surface area contributed by atoms with Gasteiger partial charge in [-0.25, -0.2) is 0 Å². The second kappa shape index (κ2) is 6.90. The third-order valence-electron chi connectivity index (χ3n) is 4.77. The fraction of sp³-hybridized carbons (Fsp3) is 0.938. The molecule has 0 aromatic heterocycles. The van der Waals surface area contributed by atoms with Gasteiger partial charge in [0.25, 0.3) is 0 Å². The van der Waals surface area contributed by atoms with Crippen molar-refractivity contribution < 1.29 is 4.79 Å². The van der Waals surface area contributed by atoms with Gasteiger partial charge in [0.2, 0.25) is 5.91 Å². The third-order valence-corrected chi connectivity index (χ3v) is 4.77. The van der Waals surface area contributed by atoms with Crippen molar-refractivity contribution in [1.29, 1.82) is 0 Å². The smallest absolute Gasteiger partial charge is 0.242 e. The Kier molecular flexibility index (Phi) is 5.44. The van der Waals surface area contributed by atoms with Crippen LogP contribution in [0.3, 0.4) is 0 Å². The molecular weight excluding hydrogens is 250 g/mol. The Balaban J connectivity index is 1.77. The molecule has 0 aromatic carbocycles. The van der Waals surface area contributed by atoms with Crippen molar-refractivity contribution >= 4 is 5.91 Å². The number of amides is 1. The van der Waals surface area contributed by atoms with Crippen LogP contribution in [0.5, 0.6) is 0 Å². The van der Waals surface area contributed by atoms with Crippen molar-refractivity contribution in [3.63, 3.8) is 0 Å². The maximum Gasteiger partial charge on any atom is 0.242 e. The predicted molar refractivity (Wildman–Crippen MR) is 82.7 cm³/mol. The van der Waals surface area contributed by atoms with Crippen molar-refractivity contribution in [2.24, 2.45) is 5.92 Å². The highest BCUT2D eigenvalue weighted by atomic mass is 16.2. The highest BCUT2D eigenvalue weighted by molar-refractivity contribution is 5.85. The number of rotatable bonds is 5. The molecule has 4 heteroatoms. The Bertz CT molecular complexity index is 316. The van der Waals surface area contributed by atoms with Gasteiger partial charge in [-0.2, -0.15) is 0 Å². The largest absolute Gasteiger partial charge is 0.341 e. The molecule has 4 nitrogen and oxygen atoms in total. The lowest BCUT2D eigenvalue weighted by molar-refractivity contribution is -0.138. The van der Waals surface area contributed by atoms with E-state index in [4.69, 9.17) is 0 Å². The number of likely N-dealkylation sites (N-methyl/N-ethyl adjacent to an activating group) is 1. The van der Waals surface area contributed by atoms with Gasteiger partial charge in [-0.1, -0.05) is 6.92 Å². The number of nitrogens with one attached hydrogen (secondary N) is 1. The number of nitrogens with zero attached hydrogens (tertiary/aromatic N) is 2. The van der Waals surface area contributed by atoms with Crippen LogP contribution >= 0.6 is 0 Å². The second-order valence-corrected chi connectivity index (χ2v) is 6.90. The van der Waals surface area contributed by atoms with Gasteiger partial charge in [0, 0.05) is 19.6 Å². The summed E-state index contributed by atoms with van der Waals surface area (Å²) in [5, 5.41) is 3.29. The molecule has 0 spiro atoms. The van der Waals surface area contributed by atoms with Gasteiger partial charge in [0.15, 0.2) is 0 Å². The van der Waals surface area contributed by atoms with E-state index in [1.807, 2.05) is 13.8 Å². The Morgan fingerprint density at radius 2 is 1.75 bits per heavy atom. The summed E-state index contributed by atoms with van der Waals surface area (Å²) in [6.45, 7) is 12.6. The van der Waals surface area contributed by atoms with E-state index in [9.17, 15) is 4.79 Å². The van der Waals surface area contributed by atoms with Crippen LogP contribution in [0.2, 0.25) is 0 Å². The zero-order valence-corrected chi connectivity index (χ0v) is 13.5. The maximum absolute atomic E-state index is 12.5. The normalized spacial score (nSPS) is 22.4. The predicted octanol–water partition coefficient (Wildman–Crippen LogP) is 1.71. The number of hydrogen-bond acceptors (Lipinski definition) is 3. The molecule has 2 aliphatic heterocycles. The van der Waals surface area contributed by atoms with E-state index in [-0.39, 0.29) is 5.91 Å². The fourth-order valence-electron chi connectivity index (χ4n) is 3.56. The summed E-state index contributed by atoms with van der Waals surface area (Å²) in [6, 6.07) is 0. The lowest BCUT2D eigenvalue weighted by Gasteiger charge is -2.38. The van der Waals surface area contributed by atoms with Gasteiger partial charge in [-0.3, -0.25) is 4.79 Å². The monoisotopic (exact) mass is 281 g/mol. The Hall–Kier alpha value is -0.610. The second-order valence-electron chi connectivity index (χ2n) is 6.90. The molecule has 1 N–H and O–H groups in total. The summed E-state index contributed by atoms with van der Waals surface area (Å²) < 4.78 is 0. The molecule has 2 fully saturated rings. The zero-order valence-electron chi connectivity index (χ0n) is 13.5. The molecule has 0 atom stereocenters. The summed E-state index contributed by atoms with van der Waals surface area (Å²) >= 11 is 0. The van der Waals surface area contributed by atoms with Crippen molar-refractivity contribution in [3.8, 4) is 0 Å². The molecule has 2 rings (SSSR count). The number of likely N-dealkylation sites (tertiary alicyclic amines) is 2. The summed E-state index contributed by atoms with van der Waals surface area (Å²) in [6.07, 6.45) is 5.08. The molecule has 2 saturated heterocycles. The van der Waals surface area contributed by atoms with Crippen LogP contribution in [0.1, 0.15) is 46.5 Å². The summed E-state index contributed by atoms with van der Waals surface area (Å²) in [5.41, 5.74) is -0.420. The van der Waals surface area contributed by atoms with Crippen LogP contribution in [0, 0.1) is 5.92 Å². The van der Waals surface area contributed by atoms with Gasteiger partial charge >= 0.3 is 0 Å². The van der Waals surface area contributed by atoms with E-state index in [1.165, 1.54) is 45.3 Å². The number of hydrogen-bond donors (Lipinski definition) is 1. The molecule has 116 valence electrons. The van der Waals surface area contributed by atoms with E-state index in [2.05, 4.69) is 22.0 Å². The average molecular weight is 281 g/mol. The maximum atomic E-state index is 12.5. The van der Waals surface area contributed by atoms with Crippen LogP contribution in [0.4, 0.5) is 0 Å². The molecular formula is C16H31N3O. The minimum atomic E-state index is -0.420. The zero-order chi connectivity index (χ0) is 14.6. The molecule has 0 radical (unpaired) electrons. The molecule has 2 heterocycles. The molecule has 2 aliphatic rings. The van der Waals surface area contributed by atoms with E-state index in [0.717, 1.165) is 25.6 Å². The van der Waals surface area contributed by atoms with E-state index in [1.54, 1.807) is 0 Å². The lowest BCUT2D eigenvalue weighted by Crippen LogP contribution is -2.55. The van der Waals surface area contributed by atoms with Crippen molar-refractivity contribution in [3.05, 3.63) is 0 Å². The molecule has 0 aromatic rings. The topological polar surface area (TPSA) is 35.6 Å². The fourth-order valence-corrected chi connectivity index (χ4v) is 3.56.